The van der Waals surface area contributed by atoms with Crippen LogP contribution in [0.1, 0.15) is 0 Å². The Hall–Kier alpha value is -3.12. The average Bonchev–Trinajstić information content (AvgIpc) is 3.01. The fourth-order valence-corrected chi connectivity index (χ4v) is 2.59. The predicted molar refractivity (Wildman–Crippen MR) is 95.8 cm³/mol. The van der Waals surface area contributed by atoms with Gasteiger partial charge < -0.3 is 11.1 Å². The first kappa shape index (κ1) is 14.5. The number of nitrogens with zero attached hydrogens (tertiary/aromatic N) is 4. The third kappa shape index (κ3) is 2.63. The fraction of sp³-hybridized carbons (Fsp3) is 0. The first-order valence-electron chi connectivity index (χ1n) is 7.28. The van der Waals surface area contributed by atoms with Crippen LogP contribution < -0.4 is 11.1 Å². The summed E-state index contributed by atoms with van der Waals surface area (Å²) in [6.45, 7) is 0. The van der Waals surface area contributed by atoms with E-state index in [9.17, 15) is 0 Å². The maximum atomic E-state index is 5.94. The number of nitrogen functional groups attached to an aromatic ring is 1. The largest absolute Gasteiger partial charge is 0.399 e. The van der Waals surface area contributed by atoms with Gasteiger partial charge in [-0.2, -0.15) is 5.10 Å². The van der Waals surface area contributed by atoms with Crippen LogP contribution in [0.15, 0.2) is 61.1 Å². The lowest BCUT2D eigenvalue weighted by atomic mass is 10.2. The van der Waals surface area contributed by atoms with Gasteiger partial charge in [0.2, 0.25) is 0 Å². The number of hydrogen-bond donors (Lipinski definition) is 2. The standard InChI is InChI=1S/C17H13ClN6/c18-11-4-6-14(7-5-11)24-17-15(9-22-24)16(20-10-21-17)23-13-3-1-2-12(19)8-13/h1-10H,19H2,(H,20,21,23). The molecule has 3 N–H and O–H groups in total. The third-order valence-corrected chi connectivity index (χ3v) is 3.84. The van der Waals surface area contributed by atoms with Gasteiger partial charge in [-0.05, 0) is 42.5 Å². The highest BCUT2D eigenvalue weighted by molar-refractivity contribution is 6.30. The maximum Gasteiger partial charge on any atom is 0.168 e. The van der Waals surface area contributed by atoms with E-state index in [0.717, 1.165) is 16.8 Å². The molecule has 118 valence electrons. The number of nitrogens with two attached hydrogens (primary N) is 1. The van der Waals surface area contributed by atoms with Crippen molar-refractivity contribution in [2.24, 2.45) is 0 Å². The van der Waals surface area contributed by atoms with Gasteiger partial charge in [0.1, 0.15) is 12.1 Å². The molecule has 0 aliphatic heterocycles. The number of halogens is 1. The quantitative estimate of drug-likeness (QED) is 0.556. The van der Waals surface area contributed by atoms with Gasteiger partial charge in [0.15, 0.2) is 5.65 Å². The van der Waals surface area contributed by atoms with E-state index in [2.05, 4.69) is 20.4 Å². The first-order valence-corrected chi connectivity index (χ1v) is 7.66. The summed E-state index contributed by atoms with van der Waals surface area (Å²) in [5, 5.41) is 9.17. The molecule has 0 aliphatic carbocycles. The van der Waals surface area contributed by atoms with Crippen molar-refractivity contribution in [1.82, 2.24) is 19.7 Å². The van der Waals surface area contributed by atoms with E-state index < -0.39 is 0 Å². The third-order valence-electron chi connectivity index (χ3n) is 3.59. The molecule has 0 fully saturated rings. The summed E-state index contributed by atoms with van der Waals surface area (Å²) in [4.78, 5) is 8.67. The number of rotatable bonds is 3. The predicted octanol–water partition coefficient (Wildman–Crippen LogP) is 3.79. The van der Waals surface area contributed by atoms with Crippen LogP contribution in [-0.4, -0.2) is 19.7 Å². The van der Waals surface area contributed by atoms with Crippen LogP contribution in [0.4, 0.5) is 17.2 Å². The molecular formula is C17H13ClN6. The average molecular weight is 337 g/mol. The molecule has 4 aromatic rings. The van der Waals surface area contributed by atoms with Gasteiger partial charge in [-0.15, -0.1) is 0 Å². The Morgan fingerprint density at radius 3 is 2.67 bits per heavy atom. The van der Waals surface area contributed by atoms with Crippen molar-refractivity contribution >= 4 is 39.8 Å². The Kier molecular flexibility index (Phi) is 3.51. The highest BCUT2D eigenvalue weighted by Gasteiger charge is 2.11. The molecule has 0 radical (unpaired) electrons. The molecule has 0 saturated heterocycles. The summed E-state index contributed by atoms with van der Waals surface area (Å²) in [7, 11) is 0. The van der Waals surface area contributed by atoms with Crippen molar-refractivity contribution < 1.29 is 0 Å². The molecule has 0 unspecified atom stereocenters. The zero-order chi connectivity index (χ0) is 16.5. The van der Waals surface area contributed by atoms with Crippen LogP contribution in [0.5, 0.6) is 0 Å². The number of nitrogens with one attached hydrogen (secondary N) is 1. The second kappa shape index (κ2) is 5.82. The molecule has 0 saturated carbocycles. The Morgan fingerprint density at radius 1 is 1.04 bits per heavy atom. The van der Waals surface area contributed by atoms with Gasteiger partial charge in [-0.25, -0.2) is 14.6 Å². The second-order valence-corrected chi connectivity index (χ2v) is 5.68. The number of benzene rings is 2. The normalized spacial score (nSPS) is 10.9. The molecule has 0 spiro atoms. The number of aromatic nitrogens is 4. The van der Waals surface area contributed by atoms with Crippen molar-refractivity contribution in [2.45, 2.75) is 0 Å². The first-order chi connectivity index (χ1) is 11.7. The molecule has 7 heteroatoms. The molecule has 2 heterocycles. The van der Waals surface area contributed by atoms with Crippen LogP contribution in [0.3, 0.4) is 0 Å². The molecule has 2 aromatic carbocycles. The molecule has 24 heavy (non-hydrogen) atoms. The summed E-state index contributed by atoms with van der Waals surface area (Å²) in [5.74, 6) is 0.672. The van der Waals surface area contributed by atoms with Gasteiger partial charge in [-0.1, -0.05) is 17.7 Å². The van der Waals surface area contributed by atoms with Crippen molar-refractivity contribution in [3.63, 3.8) is 0 Å². The van der Waals surface area contributed by atoms with E-state index in [1.807, 2.05) is 48.5 Å². The van der Waals surface area contributed by atoms with Gasteiger partial charge in [0.05, 0.1) is 17.3 Å². The van der Waals surface area contributed by atoms with Crippen LogP contribution in [-0.2, 0) is 0 Å². The van der Waals surface area contributed by atoms with Crippen molar-refractivity contribution in [1.29, 1.82) is 0 Å². The number of anilines is 3. The smallest absolute Gasteiger partial charge is 0.168 e. The molecule has 0 bridgehead atoms. The molecule has 4 rings (SSSR count). The second-order valence-electron chi connectivity index (χ2n) is 5.24. The lowest BCUT2D eigenvalue weighted by Crippen LogP contribution is -1.99. The van der Waals surface area contributed by atoms with Crippen molar-refractivity contribution in [3.05, 3.63) is 66.1 Å². The molecule has 2 aromatic heterocycles. The van der Waals surface area contributed by atoms with Gasteiger partial charge in [-0.3, -0.25) is 0 Å². The number of fused-ring (bicyclic) bond motifs is 1. The van der Waals surface area contributed by atoms with Crippen molar-refractivity contribution in [3.8, 4) is 5.69 Å². The topological polar surface area (TPSA) is 81.7 Å². The van der Waals surface area contributed by atoms with Crippen LogP contribution >= 0.6 is 11.6 Å². The van der Waals surface area contributed by atoms with Gasteiger partial charge in [0.25, 0.3) is 0 Å². The van der Waals surface area contributed by atoms with Gasteiger partial charge >= 0.3 is 0 Å². The molecular weight excluding hydrogens is 324 g/mol. The molecule has 0 atom stereocenters. The fourth-order valence-electron chi connectivity index (χ4n) is 2.47. The maximum absolute atomic E-state index is 5.94. The Morgan fingerprint density at radius 2 is 1.88 bits per heavy atom. The summed E-state index contributed by atoms with van der Waals surface area (Å²) in [6, 6.07) is 14.9. The molecule has 0 aliphatic rings. The van der Waals surface area contributed by atoms with E-state index in [4.69, 9.17) is 17.3 Å². The van der Waals surface area contributed by atoms with Gasteiger partial charge in [0, 0.05) is 16.4 Å². The van der Waals surface area contributed by atoms with E-state index in [0.29, 0.717) is 22.2 Å². The van der Waals surface area contributed by atoms with Crippen molar-refractivity contribution in [2.75, 3.05) is 11.1 Å². The Balaban J connectivity index is 1.77. The summed E-state index contributed by atoms with van der Waals surface area (Å²) in [6.07, 6.45) is 3.24. The zero-order valence-corrected chi connectivity index (χ0v) is 13.3. The van der Waals surface area contributed by atoms with E-state index >= 15 is 0 Å². The number of hydrogen-bond acceptors (Lipinski definition) is 5. The summed E-state index contributed by atoms with van der Waals surface area (Å²) in [5.41, 5.74) is 8.94. The lowest BCUT2D eigenvalue weighted by Gasteiger charge is -2.07. The summed E-state index contributed by atoms with van der Waals surface area (Å²) >= 11 is 5.94. The highest BCUT2D eigenvalue weighted by Crippen LogP contribution is 2.25. The zero-order valence-electron chi connectivity index (χ0n) is 12.5. The SMILES string of the molecule is Nc1cccc(Nc2ncnc3c2cnn3-c2ccc(Cl)cc2)c1. The van der Waals surface area contributed by atoms with Crippen LogP contribution in [0.25, 0.3) is 16.7 Å². The van der Waals surface area contributed by atoms with E-state index in [-0.39, 0.29) is 0 Å². The molecule has 6 nitrogen and oxygen atoms in total. The minimum atomic E-state index is 0.672. The highest BCUT2D eigenvalue weighted by atomic mass is 35.5. The minimum Gasteiger partial charge on any atom is -0.399 e. The van der Waals surface area contributed by atoms with E-state index in [1.165, 1.54) is 6.33 Å². The van der Waals surface area contributed by atoms with E-state index in [1.54, 1.807) is 10.9 Å². The van der Waals surface area contributed by atoms with Crippen LogP contribution in [0, 0.1) is 0 Å². The van der Waals surface area contributed by atoms with Crippen LogP contribution in [0.2, 0.25) is 5.02 Å². The monoisotopic (exact) mass is 336 g/mol. The minimum absolute atomic E-state index is 0.672. The Bertz CT molecular complexity index is 1010. The Labute approximate surface area is 142 Å². The lowest BCUT2D eigenvalue weighted by molar-refractivity contribution is 0.895. The summed E-state index contributed by atoms with van der Waals surface area (Å²) < 4.78 is 1.75. The molecule has 0 amide bonds.